The molecule has 0 aromatic heterocycles. The molecule has 1 aliphatic rings. The minimum absolute atomic E-state index is 1.42. The van der Waals surface area contributed by atoms with Gasteiger partial charge in [-0.1, -0.05) is 0 Å². The average molecular weight is 434 g/mol. The molecule has 0 spiro atoms. The molecule has 0 aliphatic carbocycles. The summed E-state index contributed by atoms with van der Waals surface area (Å²) in [5.74, 6) is 0. The van der Waals surface area contributed by atoms with Gasteiger partial charge in [0.15, 0.2) is 0 Å². The summed E-state index contributed by atoms with van der Waals surface area (Å²) < 4.78 is 6.13. The molecule has 0 amide bonds. The topological polar surface area (TPSA) is 0 Å². The first-order valence-corrected chi connectivity index (χ1v) is 13.2. The second-order valence-corrected chi connectivity index (χ2v) is 14.9. The van der Waals surface area contributed by atoms with Crippen LogP contribution in [0.1, 0.15) is 0 Å². The van der Waals surface area contributed by atoms with Crippen LogP contribution < -0.4 is 14.4 Å². The maximum absolute atomic E-state index is 2.95. The molecule has 0 fully saturated rings. The van der Waals surface area contributed by atoms with Gasteiger partial charge in [0, 0.05) is 0 Å². The van der Waals surface area contributed by atoms with Gasteiger partial charge in [-0.05, 0) is 0 Å². The fraction of sp³-hybridized carbons (Fsp3) is 0. The van der Waals surface area contributed by atoms with Crippen molar-refractivity contribution in [1.29, 1.82) is 0 Å². The van der Waals surface area contributed by atoms with Crippen molar-refractivity contribution in [2.24, 2.45) is 0 Å². The van der Waals surface area contributed by atoms with Crippen molar-refractivity contribution in [3.63, 3.8) is 0 Å². The Balaban J connectivity index is 1.98. The third-order valence-electron chi connectivity index (χ3n) is 4.92. The van der Waals surface area contributed by atoms with Crippen LogP contribution in [0.5, 0.6) is 0 Å². The number of hydrogen-bond donors (Lipinski definition) is 0. The van der Waals surface area contributed by atoms with E-state index in [1.807, 2.05) is 0 Å². The molecule has 0 saturated carbocycles. The van der Waals surface area contributed by atoms with Gasteiger partial charge in [0.05, 0.1) is 0 Å². The van der Waals surface area contributed by atoms with E-state index in [2.05, 4.69) is 109 Å². The van der Waals surface area contributed by atoms with Crippen LogP contribution in [-0.2, 0) is 0 Å². The van der Waals surface area contributed by atoms with Crippen LogP contribution in [0, 0.1) is 0 Å². The fourth-order valence-corrected chi connectivity index (χ4v) is 16.0. The van der Waals surface area contributed by atoms with Gasteiger partial charge in [0.1, 0.15) is 0 Å². The van der Waals surface area contributed by atoms with E-state index in [0.717, 1.165) is 0 Å². The standard InChI is InChI=1S/C24H18Te/c1-3-11-19(12-4-1)25(20-13-5-2-6-14-20)23-17-9-7-15-21(23)22-16-8-10-18-24(22)25/h1-18H. The second-order valence-electron chi connectivity index (χ2n) is 6.23. The predicted molar refractivity (Wildman–Crippen MR) is 109 cm³/mol. The van der Waals surface area contributed by atoms with Gasteiger partial charge in [-0.25, -0.2) is 0 Å². The van der Waals surface area contributed by atoms with E-state index in [1.54, 1.807) is 7.22 Å². The second kappa shape index (κ2) is 5.88. The quantitative estimate of drug-likeness (QED) is 0.375. The number of rotatable bonds is 2. The molecule has 0 atom stereocenters. The summed E-state index contributed by atoms with van der Waals surface area (Å²) >= 11 is -2.95. The number of fused-ring (bicyclic) bond motifs is 3. The normalized spacial score (nSPS) is 15.2. The van der Waals surface area contributed by atoms with Gasteiger partial charge in [-0.3, -0.25) is 0 Å². The van der Waals surface area contributed by atoms with Crippen LogP contribution in [0.4, 0.5) is 0 Å². The molecular formula is C24H18Te. The molecule has 4 aromatic rings. The average Bonchev–Trinajstić information content (AvgIpc) is 3.01. The van der Waals surface area contributed by atoms with E-state index in [9.17, 15) is 0 Å². The monoisotopic (exact) mass is 436 g/mol. The summed E-state index contributed by atoms with van der Waals surface area (Å²) in [5.41, 5.74) is 2.85. The van der Waals surface area contributed by atoms with Crippen molar-refractivity contribution >= 4 is 32.6 Å². The van der Waals surface area contributed by atoms with Gasteiger partial charge in [0.25, 0.3) is 0 Å². The summed E-state index contributed by atoms with van der Waals surface area (Å²) in [5, 5.41) is 0. The third kappa shape index (κ3) is 2.07. The molecule has 0 saturated heterocycles. The Morgan fingerprint density at radius 2 is 0.720 bits per heavy atom. The summed E-state index contributed by atoms with van der Waals surface area (Å²) in [7, 11) is 0. The Kier molecular flexibility index (Phi) is 3.52. The van der Waals surface area contributed by atoms with Gasteiger partial charge in [-0.15, -0.1) is 0 Å². The first kappa shape index (κ1) is 15.0. The molecule has 1 aliphatic heterocycles. The molecule has 4 aromatic carbocycles. The first-order valence-electron chi connectivity index (χ1n) is 8.54. The Hall–Kier alpha value is -2.33. The fourth-order valence-electron chi connectivity index (χ4n) is 3.92. The van der Waals surface area contributed by atoms with E-state index in [0.29, 0.717) is 0 Å². The van der Waals surface area contributed by atoms with Crippen molar-refractivity contribution in [1.82, 2.24) is 0 Å². The molecule has 25 heavy (non-hydrogen) atoms. The number of hydrogen-bond acceptors (Lipinski definition) is 0. The molecule has 0 nitrogen and oxygen atoms in total. The van der Waals surface area contributed by atoms with E-state index in [1.165, 1.54) is 18.3 Å². The van der Waals surface area contributed by atoms with Crippen LogP contribution in [0.25, 0.3) is 11.1 Å². The molecule has 1 heteroatoms. The van der Waals surface area contributed by atoms with Gasteiger partial charge in [-0.2, -0.15) is 0 Å². The predicted octanol–water partition coefficient (Wildman–Crippen LogP) is 3.04. The molecule has 5 rings (SSSR count). The van der Waals surface area contributed by atoms with E-state index >= 15 is 0 Å². The Labute approximate surface area is 152 Å². The first-order chi connectivity index (χ1) is 12.4. The summed E-state index contributed by atoms with van der Waals surface area (Å²) in [4.78, 5) is 0. The zero-order valence-electron chi connectivity index (χ0n) is 13.8. The Morgan fingerprint density at radius 1 is 0.360 bits per heavy atom. The Bertz CT molecular complexity index is 949. The van der Waals surface area contributed by atoms with Crippen LogP contribution >= 0.6 is 0 Å². The summed E-state index contributed by atoms with van der Waals surface area (Å²) in [6, 6.07) is 40.5. The molecule has 1 heterocycles. The molecular weight excluding hydrogens is 416 g/mol. The molecule has 0 radical (unpaired) electrons. The van der Waals surface area contributed by atoms with Crippen LogP contribution in [0.3, 0.4) is 0 Å². The van der Waals surface area contributed by atoms with Crippen LogP contribution in [0.2, 0.25) is 0 Å². The van der Waals surface area contributed by atoms with Crippen LogP contribution in [0.15, 0.2) is 109 Å². The van der Waals surface area contributed by atoms with Crippen molar-refractivity contribution in [2.75, 3.05) is 0 Å². The number of benzene rings is 4. The molecule has 0 bridgehead atoms. The molecule has 0 unspecified atom stereocenters. The molecule has 120 valence electrons. The van der Waals surface area contributed by atoms with Gasteiger partial charge < -0.3 is 0 Å². The van der Waals surface area contributed by atoms with Gasteiger partial charge >= 0.3 is 153 Å². The zero-order chi connectivity index (χ0) is 16.7. The van der Waals surface area contributed by atoms with Crippen molar-refractivity contribution in [3.8, 4) is 11.1 Å². The summed E-state index contributed by atoms with van der Waals surface area (Å²) in [6.45, 7) is 0. The zero-order valence-corrected chi connectivity index (χ0v) is 16.1. The van der Waals surface area contributed by atoms with E-state index < -0.39 is 18.2 Å². The third-order valence-corrected chi connectivity index (χ3v) is 16.3. The van der Waals surface area contributed by atoms with Gasteiger partial charge in [0.2, 0.25) is 0 Å². The maximum atomic E-state index is 2.37. The van der Waals surface area contributed by atoms with Crippen LogP contribution in [-0.4, -0.2) is 18.2 Å². The van der Waals surface area contributed by atoms with E-state index in [-0.39, 0.29) is 0 Å². The van der Waals surface area contributed by atoms with Crippen molar-refractivity contribution in [3.05, 3.63) is 109 Å². The minimum atomic E-state index is -2.95. The summed E-state index contributed by atoms with van der Waals surface area (Å²) in [6.07, 6.45) is 0. The van der Waals surface area contributed by atoms with Crippen molar-refractivity contribution in [2.45, 2.75) is 0 Å². The SMILES string of the molecule is c1ccc([Te]2(c3ccccc3)c3ccccc3-c3ccccc32)cc1. The van der Waals surface area contributed by atoms with Crippen molar-refractivity contribution < 1.29 is 0 Å². The Morgan fingerprint density at radius 3 is 1.16 bits per heavy atom. The van der Waals surface area contributed by atoms with E-state index in [4.69, 9.17) is 0 Å². The molecule has 0 N–H and O–H groups in total.